The normalized spacial score (nSPS) is 14.6. The van der Waals surface area contributed by atoms with Gasteiger partial charge in [-0.3, -0.25) is 13.9 Å². The quantitative estimate of drug-likeness (QED) is 0.234. The third-order valence-electron chi connectivity index (χ3n) is 7.49. The predicted molar refractivity (Wildman–Crippen MR) is 168 cm³/mol. The molecule has 1 saturated carbocycles. The highest BCUT2D eigenvalue weighted by Crippen LogP contribution is 2.29. The fraction of sp³-hybridized carbons (Fsp3) is 0.355. The zero-order chi connectivity index (χ0) is 31.1. The fourth-order valence-electron chi connectivity index (χ4n) is 5.19. The van der Waals surface area contributed by atoms with Gasteiger partial charge >= 0.3 is 0 Å². The summed E-state index contributed by atoms with van der Waals surface area (Å²) in [6.07, 6.45) is 5.11. The number of nitrogens with zero attached hydrogens (tertiary/aromatic N) is 2. The van der Waals surface area contributed by atoms with Crippen molar-refractivity contribution < 1.29 is 22.4 Å². The Morgan fingerprint density at radius 3 is 2.28 bits per heavy atom. The van der Waals surface area contributed by atoms with Gasteiger partial charge in [-0.15, -0.1) is 0 Å². The molecule has 0 heterocycles. The molecule has 1 fully saturated rings. The Balaban J connectivity index is 1.73. The molecular formula is C31H33Cl3FN3O4S. The van der Waals surface area contributed by atoms with Crippen LogP contribution in [0, 0.1) is 5.82 Å². The zero-order valence-corrected chi connectivity index (χ0v) is 26.7. The number of nitrogens with one attached hydrogen (secondary N) is 1. The molecule has 0 spiro atoms. The molecule has 7 nitrogen and oxygen atoms in total. The van der Waals surface area contributed by atoms with Gasteiger partial charge in [-0.1, -0.05) is 85.3 Å². The van der Waals surface area contributed by atoms with Gasteiger partial charge in [-0.2, -0.15) is 0 Å². The van der Waals surface area contributed by atoms with Gasteiger partial charge in [0.05, 0.1) is 15.6 Å². The van der Waals surface area contributed by atoms with Crippen molar-refractivity contribution in [3.05, 3.63) is 93.2 Å². The fourth-order valence-corrected chi connectivity index (χ4v) is 7.26. The average molecular weight is 669 g/mol. The number of rotatable bonds is 11. The van der Waals surface area contributed by atoms with E-state index >= 15 is 0 Å². The number of benzene rings is 3. The minimum absolute atomic E-state index is 0.00249. The molecule has 0 saturated heterocycles. The van der Waals surface area contributed by atoms with Gasteiger partial charge < -0.3 is 10.2 Å². The smallest absolute Gasteiger partial charge is 0.264 e. The van der Waals surface area contributed by atoms with E-state index in [1.54, 1.807) is 37.3 Å². The van der Waals surface area contributed by atoms with E-state index in [1.807, 2.05) is 0 Å². The maximum absolute atomic E-state index is 14.2. The number of hydrogen-bond acceptors (Lipinski definition) is 4. The number of anilines is 1. The Bertz CT molecular complexity index is 1550. The van der Waals surface area contributed by atoms with Crippen LogP contribution in [0.3, 0.4) is 0 Å². The summed E-state index contributed by atoms with van der Waals surface area (Å²) in [5.74, 6) is -1.72. The minimum atomic E-state index is -4.31. The number of amides is 2. The first-order chi connectivity index (χ1) is 20.5. The molecule has 3 aromatic carbocycles. The molecular weight excluding hydrogens is 636 g/mol. The number of carbonyl (C=O) groups excluding carboxylic acids is 2. The lowest BCUT2D eigenvalue weighted by Gasteiger charge is -2.34. The van der Waals surface area contributed by atoms with E-state index in [0.29, 0.717) is 15.6 Å². The van der Waals surface area contributed by atoms with Crippen LogP contribution in [0.4, 0.5) is 10.1 Å². The van der Waals surface area contributed by atoms with Crippen molar-refractivity contribution >= 4 is 62.3 Å². The van der Waals surface area contributed by atoms with Gasteiger partial charge in [0, 0.05) is 22.6 Å². The summed E-state index contributed by atoms with van der Waals surface area (Å²) in [7, 11) is -4.31. The zero-order valence-electron chi connectivity index (χ0n) is 23.6. The standard InChI is InChI=1S/C31H33Cl3FN3O4S/c1-2-29(31(40)36-23-9-5-3-6-10-23)37(19-21-13-14-22(32)17-26(21)33)30(39)20-38(24-15-16-28(35)27(34)18-24)43(41,42)25-11-7-4-8-12-25/h4,7-8,11-18,23,29H,2-3,5-6,9-10,19-20H2,1H3,(H,36,40). The molecule has 1 aliphatic rings. The monoisotopic (exact) mass is 667 g/mol. The SMILES string of the molecule is CCC(C(=O)NC1CCCCC1)N(Cc1ccc(Cl)cc1Cl)C(=O)CN(c1ccc(F)c(Cl)c1)S(=O)(=O)c1ccccc1. The van der Waals surface area contributed by atoms with Gasteiger partial charge in [0.25, 0.3) is 10.0 Å². The van der Waals surface area contributed by atoms with Crippen molar-refractivity contribution in [3.63, 3.8) is 0 Å². The molecule has 12 heteroatoms. The summed E-state index contributed by atoms with van der Waals surface area (Å²) in [4.78, 5) is 29.1. The second-order valence-electron chi connectivity index (χ2n) is 10.4. The third kappa shape index (κ3) is 8.20. The summed E-state index contributed by atoms with van der Waals surface area (Å²) in [6, 6.07) is 14.9. The lowest BCUT2D eigenvalue weighted by Crippen LogP contribution is -2.54. The van der Waals surface area contributed by atoms with Crippen molar-refractivity contribution in [2.45, 2.75) is 69.0 Å². The van der Waals surface area contributed by atoms with Crippen molar-refractivity contribution in [1.29, 1.82) is 0 Å². The number of halogens is 4. The Morgan fingerprint density at radius 1 is 0.953 bits per heavy atom. The summed E-state index contributed by atoms with van der Waals surface area (Å²) in [6.45, 7) is 1.03. The Hall–Kier alpha value is -2.85. The minimum Gasteiger partial charge on any atom is -0.352 e. The van der Waals surface area contributed by atoms with Gasteiger partial charge in [-0.05, 0) is 67.3 Å². The van der Waals surface area contributed by atoms with Crippen LogP contribution in [0.5, 0.6) is 0 Å². The number of carbonyl (C=O) groups is 2. The number of sulfonamides is 1. The molecule has 0 bridgehead atoms. The van der Waals surface area contributed by atoms with Gasteiger partial charge in [-0.25, -0.2) is 12.8 Å². The first kappa shape index (κ1) is 33.1. The molecule has 4 rings (SSSR count). The summed E-state index contributed by atoms with van der Waals surface area (Å²) in [5.41, 5.74) is 0.526. The van der Waals surface area contributed by atoms with E-state index in [9.17, 15) is 22.4 Å². The van der Waals surface area contributed by atoms with Crippen molar-refractivity contribution in [1.82, 2.24) is 10.2 Å². The molecule has 230 valence electrons. The van der Waals surface area contributed by atoms with E-state index < -0.39 is 34.3 Å². The van der Waals surface area contributed by atoms with Gasteiger partial charge in [0.1, 0.15) is 18.4 Å². The van der Waals surface area contributed by atoms with E-state index in [2.05, 4.69) is 5.32 Å². The van der Waals surface area contributed by atoms with Crippen molar-refractivity contribution in [2.24, 2.45) is 0 Å². The first-order valence-corrected chi connectivity index (χ1v) is 16.6. The molecule has 0 aliphatic heterocycles. The molecule has 43 heavy (non-hydrogen) atoms. The third-order valence-corrected chi connectivity index (χ3v) is 10.2. The molecule has 1 atom stereocenters. The average Bonchev–Trinajstić information content (AvgIpc) is 2.99. The van der Waals surface area contributed by atoms with Gasteiger partial charge in [0.2, 0.25) is 11.8 Å². The summed E-state index contributed by atoms with van der Waals surface area (Å²) >= 11 is 18.6. The van der Waals surface area contributed by atoms with Crippen molar-refractivity contribution in [2.75, 3.05) is 10.8 Å². The predicted octanol–water partition coefficient (Wildman–Crippen LogP) is 7.24. The maximum Gasteiger partial charge on any atom is 0.264 e. The largest absolute Gasteiger partial charge is 0.352 e. The highest BCUT2D eigenvalue weighted by atomic mass is 35.5. The molecule has 1 aliphatic carbocycles. The Kier molecular flexibility index (Phi) is 11.3. The van der Waals surface area contributed by atoms with Crippen LogP contribution >= 0.6 is 34.8 Å². The Morgan fingerprint density at radius 2 is 1.65 bits per heavy atom. The first-order valence-electron chi connectivity index (χ1n) is 14.1. The van der Waals surface area contributed by atoms with E-state index in [-0.39, 0.29) is 40.5 Å². The topological polar surface area (TPSA) is 86.8 Å². The van der Waals surface area contributed by atoms with Crippen LogP contribution in [-0.2, 0) is 26.2 Å². The molecule has 0 aromatic heterocycles. The van der Waals surface area contributed by atoms with E-state index in [4.69, 9.17) is 34.8 Å². The second kappa shape index (κ2) is 14.8. The van der Waals surface area contributed by atoms with Gasteiger partial charge in [0.15, 0.2) is 0 Å². The molecule has 3 aromatic rings. The highest BCUT2D eigenvalue weighted by Gasteiger charge is 2.35. The lowest BCUT2D eigenvalue weighted by molar-refractivity contribution is -0.140. The van der Waals surface area contributed by atoms with Crippen molar-refractivity contribution in [3.8, 4) is 0 Å². The van der Waals surface area contributed by atoms with Crippen LogP contribution in [0.15, 0.2) is 71.6 Å². The lowest BCUT2D eigenvalue weighted by atomic mass is 9.95. The van der Waals surface area contributed by atoms with E-state index in [1.165, 1.54) is 29.2 Å². The van der Waals surface area contributed by atoms with E-state index in [0.717, 1.165) is 48.5 Å². The van der Waals surface area contributed by atoms with Crippen LogP contribution in [0.2, 0.25) is 15.1 Å². The van der Waals surface area contributed by atoms with Crippen LogP contribution in [-0.4, -0.2) is 43.8 Å². The number of hydrogen-bond donors (Lipinski definition) is 1. The Labute approximate surface area is 267 Å². The van der Waals surface area contributed by atoms with Crippen LogP contribution in [0.25, 0.3) is 0 Å². The molecule has 1 N–H and O–H groups in total. The highest BCUT2D eigenvalue weighted by molar-refractivity contribution is 7.92. The maximum atomic E-state index is 14.2. The molecule has 1 unspecified atom stereocenters. The second-order valence-corrected chi connectivity index (χ2v) is 13.6. The summed E-state index contributed by atoms with van der Waals surface area (Å²) < 4.78 is 42.7. The van der Waals surface area contributed by atoms with Crippen LogP contribution < -0.4 is 9.62 Å². The van der Waals surface area contributed by atoms with Crippen LogP contribution in [0.1, 0.15) is 51.0 Å². The molecule has 2 amide bonds. The summed E-state index contributed by atoms with van der Waals surface area (Å²) in [5, 5.41) is 3.49. The molecule has 0 radical (unpaired) electrons.